The maximum atomic E-state index is 3.49. The highest BCUT2D eigenvalue weighted by Crippen LogP contribution is 2.23. The summed E-state index contributed by atoms with van der Waals surface area (Å²) >= 11 is 5.43. The molecule has 0 saturated heterocycles. The van der Waals surface area contributed by atoms with Crippen LogP contribution in [0.25, 0.3) is 0 Å². The zero-order chi connectivity index (χ0) is 11.8. The van der Waals surface area contributed by atoms with Crippen molar-refractivity contribution in [2.24, 2.45) is 5.92 Å². The highest BCUT2D eigenvalue weighted by atomic mass is 79.9. The molecule has 1 aromatic rings. The average Bonchev–Trinajstić information content (AvgIpc) is 2.27. The first-order valence-corrected chi connectivity index (χ1v) is 7.59. The van der Waals surface area contributed by atoms with E-state index in [1.165, 1.54) is 17.1 Å². The van der Waals surface area contributed by atoms with Crippen molar-refractivity contribution in [1.29, 1.82) is 0 Å². The summed E-state index contributed by atoms with van der Waals surface area (Å²) in [5.74, 6) is 1.89. The monoisotopic (exact) mass is 301 g/mol. The molecule has 0 aliphatic carbocycles. The molecule has 0 aliphatic heterocycles. The van der Waals surface area contributed by atoms with Crippen molar-refractivity contribution in [1.82, 2.24) is 5.32 Å². The summed E-state index contributed by atoms with van der Waals surface area (Å²) in [6.07, 6.45) is 1.21. The minimum Gasteiger partial charge on any atom is -0.316 e. The summed E-state index contributed by atoms with van der Waals surface area (Å²) in [4.78, 5) is 1.34. The van der Waals surface area contributed by atoms with Gasteiger partial charge in [0.2, 0.25) is 0 Å². The summed E-state index contributed by atoms with van der Waals surface area (Å²) in [5, 5.41) is 3.46. The van der Waals surface area contributed by atoms with E-state index in [1.54, 1.807) is 0 Å². The Kier molecular flexibility index (Phi) is 7.17. The van der Waals surface area contributed by atoms with Crippen LogP contribution in [0, 0.1) is 5.92 Å². The Bertz CT molecular complexity index is 304. The van der Waals surface area contributed by atoms with Crippen LogP contribution in [0.1, 0.15) is 20.3 Å². The topological polar surface area (TPSA) is 12.0 Å². The molecule has 0 aromatic heterocycles. The lowest BCUT2D eigenvalue weighted by Crippen LogP contribution is -2.23. The molecule has 1 aromatic carbocycles. The second-order valence-electron chi connectivity index (χ2n) is 4.08. The number of nitrogens with one attached hydrogen (secondary N) is 1. The van der Waals surface area contributed by atoms with Crippen LogP contribution < -0.4 is 5.32 Å². The van der Waals surface area contributed by atoms with Crippen LogP contribution in [0.4, 0.5) is 0 Å². The maximum absolute atomic E-state index is 3.49. The van der Waals surface area contributed by atoms with Crippen molar-refractivity contribution < 1.29 is 0 Å². The van der Waals surface area contributed by atoms with Crippen molar-refractivity contribution >= 4 is 27.7 Å². The van der Waals surface area contributed by atoms with E-state index >= 15 is 0 Å². The molecule has 0 amide bonds. The van der Waals surface area contributed by atoms with Gasteiger partial charge in [-0.2, -0.15) is 0 Å². The molecule has 0 fully saturated rings. The molecule has 0 saturated carbocycles. The fourth-order valence-electron chi connectivity index (χ4n) is 1.38. The Labute approximate surface area is 112 Å². The molecule has 3 heteroatoms. The lowest BCUT2D eigenvalue weighted by molar-refractivity contribution is 0.557. The molecule has 1 nitrogen and oxygen atoms in total. The highest BCUT2D eigenvalue weighted by Gasteiger charge is 2.02. The summed E-state index contributed by atoms with van der Waals surface area (Å²) < 4.78 is 1.16. The van der Waals surface area contributed by atoms with E-state index in [2.05, 4.69) is 59.4 Å². The Morgan fingerprint density at radius 3 is 2.94 bits per heavy atom. The third-order valence-corrected chi connectivity index (χ3v) is 4.07. The average molecular weight is 302 g/mol. The lowest BCUT2D eigenvalue weighted by Gasteiger charge is -2.11. The molecule has 0 bridgehead atoms. The number of rotatable bonds is 7. The highest BCUT2D eigenvalue weighted by molar-refractivity contribution is 9.10. The van der Waals surface area contributed by atoms with Crippen LogP contribution in [0.15, 0.2) is 33.6 Å². The van der Waals surface area contributed by atoms with Crippen molar-refractivity contribution in [2.75, 3.05) is 18.8 Å². The van der Waals surface area contributed by atoms with Gasteiger partial charge in [0.15, 0.2) is 0 Å². The third-order valence-electron chi connectivity index (χ3n) is 2.25. The van der Waals surface area contributed by atoms with E-state index in [-0.39, 0.29) is 0 Å². The minimum atomic E-state index is 0.718. The van der Waals surface area contributed by atoms with Gasteiger partial charge in [-0.25, -0.2) is 0 Å². The van der Waals surface area contributed by atoms with E-state index in [4.69, 9.17) is 0 Å². The van der Waals surface area contributed by atoms with Crippen LogP contribution in [-0.4, -0.2) is 18.8 Å². The van der Waals surface area contributed by atoms with Crippen LogP contribution in [0.2, 0.25) is 0 Å². The summed E-state index contributed by atoms with van der Waals surface area (Å²) in [5.41, 5.74) is 0. The predicted molar refractivity (Wildman–Crippen MR) is 77.2 cm³/mol. The fraction of sp³-hybridized carbons (Fsp3) is 0.538. The Morgan fingerprint density at radius 2 is 2.25 bits per heavy atom. The molecule has 1 atom stereocenters. The van der Waals surface area contributed by atoms with Gasteiger partial charge in [0.25, 0.3) is 0 Å². The fourth-order valence-corrected chi connectivity index (χ4v) is 2.91. The van der Waals surface area contributed by atoms with Crippen molar-refractivity contribution in [3.63, 3.8) is 0 Å². The van der Waals surface area contributed by atoms with Gasteiger partial charge >= 0.3 is 0 Å². The largest absolute Gasteiger partial charge is 0.316 e. The van der Waals surface area contributed by atoms with Crippen LogP contribution in [-0.2, 0) is 0 Å². The van der Waals surface area contributed by atoms with Gasteiger partial charge in [0.1, 0.15) is 0 Å². The molecule has 0 radical (unpaired) electrons. The SMILES string of the molecule is CCCNCC(C)CSc1cccc(Br)c1. The zero-order valence-electron chi connectivity index (χ0n) is 10.0. The lowest BCUT2D eigenvalue weighted by atomic mass is 10.2. The second kappa shape index (κ2) is 8.15. The third kappa shape index (κ3) is 5.92. The van der Waals surface area contributed by atoms with Gasteiger partial charge < -0.3 is 5.32 Å². The quantitative estimate of drug-likeness (QED) is 0.599. The number of thioether (sulfide) groups is 1. The smallest absolute Gasteiger partial charge is 0.0186 e. The first-order chi connectivity index (χ1) is 7.72. The first-order valence-electron chi connectivity index (χ1n) is 5.81. The summed E-state index contributed by atoms with van der Waals surface area (Å²) in [6.45, 7) is 6.75. The number of halogens is 1. The summed E-state index contributed by atoms with van der Waals surface area (Å²) in [6, 6.07) is 8.50. The normalized spacial score (nSPS) is 12.7. The van der Waals surface area contributed by atoms with Crippen molar-refractivity contribution in [2.45, 2.75) is 25.2 Å². The van der Waals surface area contributed by atoms with Gasteiger partial charge in [0, 0.05) is 15.1 Å². The molecule has 90 valence electrons. The number of hydrogen-bond donors (Lipinski definition) is 1. The Balaban J connectivity index is 2.23. The number of hydrogen-bond acceptors (Lipinski definition) is 2. The molecule has 1 N–H and O–H groups in total. The standard InChI is InChI=1S/C13H20BrNS/c1-3-7-15-9-11(2)10-16-13-6-4-5-12(14)8-13/h4-6,8,11,15H,3,7,9-10H2,1-2H3. The van der Waals surface area contributed by atoms with E-state index in [9.17, 15) is 0 Å². The van der Waals surface area contributed by atoms with Crippen LogP contribution >= 0.6 is 27.7 Å². The molecule has 0 heterocycles. The van der Waals surface area contributed by atoms with Crippen molar-refractivity contribution in [3.8, 4) is 0 Å². The molecular weight excluding hydrogens is 282 g/mol. The van der Waals surface area contributed by atoms with Gasteiger partial charge in [-0.1, -0.05) is 35.8 Å². The Hall–Kier alpha value is 0.01000. The molecular formula is C13H20BrNS. The summed E-state index contributed by atoms with van der Waals surface area (Å²) in [7, 11) is 0. The van der Waals surface area contributed by atoms with E-state index in [0.29, 0.717) is 0 Å². The first kappa shape index (κ1) is 14.1. The van der Waals surface area contributed by atoms with Gasteiger partial charge in [-0.15, -0.1) is 11.8 Å². The molecule has 0 spiro atoms. The predicted octanol–water partition coefficient (Wildman–Crippen LogP) is 4.18. The van der Waals surface area contributed by atoms with Crippen LogP contribution in [0.3, 0.4) is 0 Å². The molecule has 1 unspecified atom stereocenters. The molecule has 0 aliphatic rings. The Morgan fingerprint density at radius 1 is 1.44 bits per heavy atom. The number of benzene rings is 1. The van der Waals surface area contributed by atoms with E-state index in [0.717, 1.165) is 23.5 Å². The minimum absolute atomic E-state index is 0.718. The van der Waals surface area contributed by atoms with E-state index < -0.39 is 0 Å². The van der Waals surface area contributed by atoms with Gasteiger partial charge in [-0.3, -0.25) is 0 Å². The van der Waals surface area contributed by atoms with Gasteiger partial charge in [-0.05, 0) is 43.6 Å². The van der Waals surface area contributed by atoms with Crippen LogP contribution in [0.5, 0.6) is 0 Å². The zero-order valence-corrected chi connectivity index (χ0v) is 12.4. The second-order valence-corrected chi connectivity index (χ2v) is 6.09. The van der Waals surface area contributed by atoms with Crippen molar-refractivity contribution in [3.05, 3.63) is 28.7 Å². The molecule has 1 rings (SSSR count). The molecule has 16 heavy (non-hydrogen) atoms. The maximum Gasteiger partial charge on any atom is 0.0186 e. The van der Waals surface area contributed by atoms with E-state index in [1.807, 2.05) is 11.8 Å². The van der Waals surface area contributed by atoms with Gasteiger partial charge in [0.05, 0.1) is 0 Å².